The summed E-state index contributed by atoms with van der Waals surface area (Å²) >= 11 is 2.89. The van der Waals surface area contributed by atoms with Gasteiger partial charge in [-0.3, -0.25) is 4.72 Å². The third kappa shape index (κ3) is 4.68. The summed E-state index contributed by atoms with van der Waals surface area (Å²) in [7, 11) is -3.74. The van der Waals surface area contributed by atoms with E-state index in [1.54, 1.807) is 0 Å². The topological polar surface area (TPSA) is 58.2 Å². The minimum absolute atomic E-state index is 0.00615. The van der Waals surface area contributed by atoms with Gasteiger partial charge >= 0.3 is 0 Å². The summed E-state index contributed by atoms with van der Waals surface area (Å²) in [4.78, 5) is 0. The highest BCUT2D eigenvalue weighted by Crippen LogP contribution is 2.25. The maximum atomic E-state index is 13.5. The van der Waals surface area contributed by atoms with E-state index < -0.39 is 26.9 Å². The number of halogens is 3. The van der Waals surface area contributed by atoms with Crippen LogP contribution in [0.2, 0.25) is 0 Å². The second kappa shape index (κ2) is 7.33. The quantitative estimate of drug-likeness (QED) is 0.573. The number of nitrogens with one attached hydrogen (secondary N) is 2. The van der Waals surface area contributed by atoms with Crippen molar-refractivity contribution in [3.05, 3.63) is 28.2 Å². The van der Waals surface area contributed by atoms with Crippen LogP contribution in [0.3, 0.4) is 0 Å². The number of hydrogen-bond acceptors (Lipinski definition) is 3. The molecule has 1 aromatic rings. The molecule has 0 bridgehead atoms. The second-order valence-electron chi connectivity index (χ2n) is 4.41. The molecule has 1 unspecified atom stereocenters. The summed E-state index contributed by atoms with van der Waals surface area (Å²) in [6.07, 6.45) is 0.889. The summed E-state index contributed by atoms with van der Waals surface area (Å²) in [5.41, 5.74) is -0.277. The first kappa shape index (κ1) is 17.3. The Balaban J connectivity index is 2.83. The fraction of sp³-hybridized carbons (Fsp3) is 0.500. The molecule has 8 heteroatoms. The average molecular weight is 371 g/mol. The molecule has 1 atom stereocenters. The Hall–Kier alpha value is -0.730. The highest BCUT2D eigenvalue weighted by molar-refractivity contribution is 9.10. The van der Waals surface area contributed by atoms with Gasteiger partial charge in [0.15, 0.2) is 0 Å². The van der Waals surface area contributed by atoms with Crippen molar-refractivity contribution in [2.24, 2.45) is 0 Å². The van der Waals surface area contributed by atoms with Crippen LogP contribution >= 0.6 is 15.9 Å². The van der Waals surface area contributed by atoms with Crippen LogP contribution in [0.15, 0.2) is 16.6 Å². The fourth-order valence-electron chi connectivity index (χ4n) is 1.45. The molecule has 0 radical (unpaired) electrons. The van der Waals surface area contributed by atoms with E-state index in [9.17, 15) is 17.2 Å². The second-order valence-corrected chi connectivity index (χ2v) is 7.36. The van der Waals surface area contributed by atoms with Crippen LogP contribution in [0.25, 0.3) is 0 Å². The zero-order chi connectivity index (χ0) is 15.3. The third-order valence-corrected chi connectivity index (χ3v) is 4.99. The summed E-state index contributed by atoms with van der Waals surface area (Å²) < 4.78 is 52.8. The van der Waals surface area contributed by atoms with E-state index in [-0.39, 0.29) is 16.7 Å². The van der Waals surface area contributed by atoms with Gasteiger partial charge in [-0.05, 0) is 41.9 Å². The highest BCUT2D eigenvalue weighted by atomic mass is 79.9. The maximum Gasteiger partial charge on any atom is 0.236 e. The Morgan fingerprint density at radius 3 is 2.55 bits per heavy atom. The van der Waals surface area contributed by atoms with Gasteiger partial charge in [0.2, 0.25) is 10.0 Å². The molecule has 20 heavy (non-hydrogen) atoms. The molecule has 0 aliphatic carbocycles. The molecule has 0 aromatic heterocycles. The van der Waals surface area contributed by atoms with E-state index in [0.717, 1.165) is 12.5 Å². The fourth-order valence-corrected chi connectivity index (χ4v) is 2.79. The maximum absolute atomic E-state index is 13.5. The molecular formula is C12H17BrF2N2O2S. The molecule has 0 amide bonds. The molecule has 4 nitrogen and oxygen atoms in total. The number of anilines is 1. The van der Waals surface area contributed by atoms with E-state index in [2.05, 4.69) is 26.0 Å². The normalized spacial score (nSPS) is 13.2. The van der Waals surface area contributed by atoms with Gasteiger partial charge < -0.3 is 5.32 Å². The van der Waals surface area contributed by atoms with Crippen molar-refractivity contribution >= 4 is 31.6 Å². The van der Waals surface area contributed by atoms with Gasteiger partial charge in [0.25, 0.3) is 0 Å². The van der Waals surface area contributed by atoms with E-state index in [1.165, 1.54) is 6.92 Å². The molecule has 2 N–H and O–H groups in total. The molecule has 0 saturated heterocycles. The Kier molecular flexibility index (Phi) is 6.35. The Morgan fingerprint density at radius 2 is 1.95 bits per heavy atom. The highest BCUT2D eigenvalue weighted by Gasteiger charge is 2.22. The van der Waals surface area contributed by atoms with Crippen molar-refractivity contribution in [1.29, 1.82) is 0 Å². The van der Waals surface area contributed by atoms with Crippen molar-refractivity contribution in [3.8, 4) is 0 Å². The van der Waals surface area contributed by atoms with Gasteiger partial charge in [-0.25, -0.2) is 17.2 Å². The van der Waals surface area contributed by atoms with Crippen LogP contribution in [0, 0.1) is 11.6 Å². The SMILES string of the molecule is CCCNCC(C)S(=O)(=O)Nc1cc(Br)c(F)cc1F. The molecular weight excluding hydrogens is 354 g/mol. The average Bonchev–Trinajstić information content (AvgIpc) is 2.35. The third-order valence-electron chi connectivity index (χ3n) is 2.65. The molecule has 0 fully saturated rings. The predicted octanol–water partition coefficient (Wildman–Crippen LogP) is 2.86. The van der Waals surface area contributed by atoms with Crippen LogP contribution in [-0.4, -0.2) is 26.8 Å². The Bertz CT molecular complexity index is 567. The van der Waals surface area contributed by atoms with E-state index in [0.29, 0.717) is 12.6 Å². The number of hydrogen-bond donors (Lipinski definition) is 2. The van der Waals surface area contributed by atoms with E-state index in [1.807, 2.05) is 6.92 Å². The summed E-state index contributed by atoms with van der Waals surface area (Å²) in [6.45, 7) is 4.45. The lowest BCUT2D eigenvalue weighted by Gasteiger charge is -2.16. The van der Waals surface area contributed by atoms with Gasteiger partial charge in [0.05, 0.1) is 15.4 Å². The monoisotopic (exact) mass is 370 g/mol. The van der Waals surface area contributed by atoms with Crippen molar-refractivity contribution in [2.75, 3.05) is 17.8 Å². The first-order valence-corrected chi connectivity index (χ1v) is 8.48. The van der Waals surface area contributed by atoms with Gasteiger partial charge in [-0.15, -0.1) is 0 Å². The molecule has 0 aliphatic rings. The molecule has 0 heterocycles. The van der Waals surface area contributed by atoms with E-state index in [4.69, 9.17) is 0 Å². The largest absolute Gasteiger partial charge is 0.315 e. The van der Waals surface area contributed by atoms with Crippen LogP contribution in [0.4, 0.5) is 14.5 Å². The van der Waals surface area contributed by atoms with Crippen LogP contribution < -0.4 is 10.0 Å². The zero-order valence-corrected chi connectivity index (χ0v) is 13.6. The standard InChI is InChI=1S/C12H17BrF2N2O2S/c1-3-4-16-7-8(2)20(18,19)17-12-5-9(13)10(14)6-11(12)15/h5-6,8,16-17H,3-4,7H2,1-2H3. The molecule has 1 rings (SSSR count). The first-order valence-electron chi connectivity index (χ1n) is 6.14. The van der Waals surface area contributed by atoms with Gasteiger partial charge in [-0.1, -0.05) is 6.92 Å². The Labute approximate surface area is 126 Å². The summed E-state index contributed by atoms with van der Waals surface area (Å²) in [5.74, 6) is -1.74. The molecule has 0 spiro atoms. The van der Waals surface area contributed by atoms with Gasteiger partial charge in [0.1, 0.15) is 11.6 Å². The lowest BCUT2D eigenvalue weighted by molar-refractivity contribution is 0.570. The smallest absolute Gasteiger partial charge is 0.236 e. The van der Waals surface area contributed by atoms with Gasteiger partial charge in [-0.2, -0.15) is 0 Å². The molecule has 114 valence electrons. The minimum Gasteiger partial charge on any atom is -0.315 e. The minimum atomic E-state index is -3.74. The lowest BCUT2D eigenvalue weighted by Crippen LogP contribution is -2.35. The summed E-state index contributed by atoms with van der Waals surface area (Å²) in [5, 5.41) is 2.24. The van der Waals surface area contributed by atoms with E-state index >= 15 is 0 Å². The number of benzene rings is 1. The van der Waals surface area contributed by atoms with Crippen LogP contribution in [-0.2, 0) is 10.0 Å². The Morgan fingerprint density at radius 1 is 1.30 bits per heavy atom. The zero-order valence-electron chi connectivity index (χ0n) is 11.2. The van der Waals surface area contributed by atoms with Gasteiger partial charge in [0, 0.05) is 12.6 Å². The lowest BCUT2D eigenvalue weighted by atomic mass is 10.3. The van der Waals surface area contributed by atoms with Crippen molar-refractivity contribution in [3.63, 3.8) is 0 Å². The van der Waals surface area contributed by atoms with Crippen molar-refractivity contribution in [2.45, 2.75) is 25.5 Å². The molecule has 0 saturated carbocycles. The molecule has 0 aliphatic heterocycles. The van der Waals surface area contributed by atoms with Crippen LogP contribution in [0.5, 0.6) is 0 Å². The van der Waals surface area contributed by atoms with Crippen LogP contribution in [0.1, 0.15) is 20.3 Å². The summed E-state index contributed by atoms with van der Waals surface area (Å²) in [6, 6.07) is 1.69. The molecule has 1 aromatic carbocycles. The number of rotatable bonds is 7. The number of sulfonamides is 1. The van der Waals surface area contributed by atoms with Crippen molar-refractivity contribution < 1.29 is 17.2 Å². The van der Waals surface area contributed by atoms with Crippen molar-refractivity contribution in [1.82, 2.24) is 5.32 Å². The predicted molar refractivity (Wildman–Crippen MR) is 79.2 cm³/mol. The first-order chi connectivity index (χ1) is 9.27.